The van der Waals surface area contributed by atoms with Gasteiger partial charge in [0.05, 0.1) is 24.9 Å². The topological polar surface area (TPSA) is 64.6 Å². The van der Waals surface area contributed by atoms with Gasteiger partial charge in [0.15, 0.2) is 0 Å². The molecule has 1 aromatic rings. The monoisotopic (exact) mass is 333 g/mol. The number of fused-ring (bicyclic) bond motifs is 1. The van der Waals surface area contributed by atoms with Crippen molar-refractivity contribution in [3.05, 3.63) is 23.3 Å². The molecular weight excluding hydrogens is 306 g/mol. The van der Waals surface area contributed by atoms with E-state index in [1.807, 2.05) is 6.20 Å². The van der Waals surface area contributed by atoms with E-state index in [2.05, 4.69) is 23.8 Å². The van der Waals surface area contributed by atoms with Crippen LogP contribution in [0.5, 0.6) is 0 Å². The predicted octanol–water partition coefficient (Wildman–Crippen LogP) is 2.10. The van der Waals surface area contributed by atoms with Crippen LogP contribution in [0.15, 0.2) is 6.20 Å². The van der Waals surface area contributed by atoms with Crippen LogP contribution in [-0.4, -0.2) is 46.7 Å². The van der Waals surface area contributed by atoms with Gasteiger partial charge in [-0.1, -0.05) is 13.8 Å². The Morgan fingerprint density at radius 3 is 3.04 bits per heavy atom. The van der Waals surface area contributed by atoms with Crippen molar-refractivity contribution >= 4 is 5.91 Å². The molecular formula is C18H27N3O3. The van der Waals surface area contributed by atoms with E-state index in [-0.39, 0.29) is 18.6 Å². The van der Waals surface area contributed by atoms with Crippen molar-refractivity contribution in [1.82, 2.24) is 14.9 Å². The van der Waals surface area contributed by atoms with E-state index in [0.717, 1.165) is 43.0 Å². The van der Waals surface area contributed by atoms with Gasteiger partial charge < -0.3 is 14.4 Å². The summed E-state index contributed by atoms with van der Waals surface area (Å²) in [7, 11) is 0. The fourth-order valence-electron chi connectivity index (χ4n) is 3.14. The molecule has 24 heavy (non-hydrogen) atoms. The van der Waals surface area contributed by atoms with Gasteiger partial charge in [-0.25, -0.2) is 9.97 Å². The molecule has 0 aromatic carbocycles. The van der Waals surface area contributed by atoms with Gasteiger partial charge >= 0.3 is 0 Å². The molecule has 0 spiro atoms. The van der Waals surface area contributed by atoms with Crippen molar-refractivity contribution in [3.8, 4) is 0 Å². The molecule has 3 heterocycles. The van der Waals surface area contributed by atoms with E-state index in [1.165, 1.54) is 6.42 Å². The summed E-state index contributed by atoms with van der Waals surface area (Å²) in [5.74, 6) is 1.40. The smallest absolute Gasteiger partial charge is 0.249 e. The van der Waals surface area contributed by atoms with Crippen LogP contribution < -0.4 is 0 Å². The van der Waals surface area contributed by atoms with Crippen LogP contribution in [-0.2, 0) is 33.8 Å². The first-order valence-corrected chi connectivity index (χ1v) is 8.92. The molecule has 1 fully saturated rings. The summed E-state index contributed by atoms with van der Waals surface area (Å²) in [5.41, 5.74) is 2.02. The highest BCUT2D eigenvalue weighted by molar-refractivity contribution is 5.78. The Bertz CT molecular complexity index is 571. The largest absolute Gasteiger partial charge is 0.376 e. The van der Waals surface area contributed by atoms with Gasteiger partial charge in [-0.05, 0) is 25.2 Å². The molecule has 1 amide bonds. The van der Waals surface area contributed by atoms with E-state index in [1.54, 1.807) is 4.90 Å². The first kappa shape index (κ1) is 17.3. The maximum Gasteiger partial charge on any atom is 0.249 e. The van der Waals surface area contributed by atoms with Crippen LogP contribution in [0.4, 0.5) is 0 Å². The third-order valence-corrected chi connectivity index (χ3v) is 4.45. The maximum atomic E-state index is 12.3. The molecule has 1 aromatic heterocycles. The molecule has 0 radical (unpaired) electrons. The molecule has 0 N–H and O–H groups in total. The molecule has 0 saturated carbocycles. The van der Waals surface area contributed by atoms with Gasteiger partial charge in [0, 0.05) is 31.3 Å². The van der Waals surface area contributed by atoms with E-state index in [4.69, 9.17) is 9.47 Å². The summed E-state index contributed by atoms with van der Waals surface area (Å²) >= 11 is 0. The lowest BCUT2D eigenvalue weighted by Crippen LogP contribution is -2.31. The van der Waals surface area contributed by atoms with Crippen molar-refractivity contribution in [2.45, 2.75) is 58.7 Å². The summed E-state index contributed by atoms with van der Waals surface area (Å²) in [6.07, 6.45) is 6.21. The minimum Gasteiger partial charge on any atom is -0.376 e. The van der Waals surface area contributed by atoms with Gasteiger partial charge in [-0.3, -0.25) is 4.79 Å². The van der Waals surface area contributed by atoms with Crippen LogP contribution in [0, 0.1) is 5.92 Å². The molecule has 6 heteroatoms. The highest BCUT2D eigenvalue weighted by Gasteiger charge is 2.25. The van der Waals surface area contributed by atoms with Crippen molar-refractivity contribution in [2.75, 3.05) is 19.8 Å². The van der Waals surface area contributed by atoms with Crippen LogP contribution in [0.3, 0.4) is 0 Å². The number of hydrogen-bond acceptors (Lipinski definition) is 5. The number of ether oxygens (including phenoxy) is 2. The maximum absolute atomic E-state index is 12.3. The number of carbonyl (C=O) groups excluding carboxylic acids is 1. The Hall–Kier alpha value is -1.53. The second-order valence-corrected chi connectivity index (χ2v) is 7.11. The second-order valence-electron chi connectivity index (χ2n) is 7.11. The Labute approximate surface area is 143 Å². The lowest BCUT2D eigenvalue weighted by atomic mass is 10.1. The molecule has 0 bridgehead atoms. The van der Waals surface area contributed by atoms with Gasteiger partial charge in [-0.2, -0.15) is 0 Å². The molecule has 132 valence electrons. The van der Waals surface area contributed by atoms with Crippen LogP contribution in [0.2, 0.25) is 0 Å². The third-order valence-electron chi connectivity index (χ3n) is 4.45. The SMILES string of the molecule is CC(C)Cc1ncc2c(n1)CN(C(=O)COC[C@H]1CCCCO1)C2. The van der Waals surface area contributed by atoms with E-state index >= 15 is 0 Å². The van der Waals surface area contributed by atoms with Gasteiger partial charge in [0.25, 0.3) is 0 Å². The second kappa shape index (κ2) is 8.03. The van der Waals surface area contributed by atoms with E-state index < -0.39 is 0 Å². The first-order chi connectivity index (χ1) is 11.6. The predicted molar refractivity (Wildman–Crippen MR) is 89.2 cm³/mol. The lowest BCUT2D eigenvalue weighted by Gasteiger charge is -2.22. The molecule has 2 aliphatic rings. The Kier molecular flexibility index (Phi) is 5.79. The fourth-order valence-corrected chi connectivity index (χ4v) is 3.14. The van der Waals surface area contributed by atoms with E-state index in [9.17, 15) is 4.79 Å². The molecule has 1 saturated heterocycles. The zero-order chi connectivity index (χ0) is 16.9. The first-order valence-electron chi connectivity index (χ1n) is 8.92. The highest BCUT2D eigenvalue weighted by Crippen LogP contribution is 2.21. The quantitative estimate of drug-likeness (QED) is 0.798. The molecule has 0 aliphatic carbocycles. The van der Waals surface area contributed by atoms with E-state index in [0.29, 0.717) is 25.6 Å². The van der Waals surface area contributed by atoms with Gasteiger partial charge in [0.1, 0.15) is 12.4 Å². The standard InChI is InChI=1S/C18H27N3O3/c1-13(2)7-17-19-8-14-9-21(10-16(14)20-17)18(22)12-23-11-15-5-3-4-6-24-15/h8,13,15H,3-7,9-12H2,1-2H3/t15-/m1/s1. The van der Waals surface area contributed by atoms with Crippen molar-refractivity contribution in [3.63, 3.8) is 0 Å². The van der Waals surface area contributed by atoms with Gasteiger partial charge in [0.2, 0.25) is 5.91 Å². The number of carbonyl (C=O) groups is 1. The van der Waals surface area contributed by atoms with Crippen LogP contribution in [0.1, 0.15) is 50.2 Å². The molecule has 3 rings (SSSR count). The molecule has 0 unspecified atom stereocenters. The van der Waals surface area contributed by atoms with Crippen LogP contribution in [0.25, 0.3) is 0 Å². The molecule has 6 nitrogen and oxygen atoms in total. The highest BCUT2D eigenvalue weighted by atomic mass is 16.5. The van der Waals surface area contributed by atoms with Crippen molar-refractivity contribution in [1.29, 1.82) is 0 Å². The van der Waals surface area contributed by atoms with Crippen LogP contribution >= 0.6 is 0 Å². The average Bonchev–Trinajstić information content (AvgIpc) is 2.98. The minimum atomic E-state index is 0.00854. The zero-order valence-electron chi connectivity index (χ0n) is 14.7. The average molecular weight is 333 g/mol. The van der Waals surface area contributed by atoms with Crippen molar-refractivity contribution < 1.29 is 14.3 Å². The number of amides is 1. The zero-order valence-corrected chi connectivity index (χ0v) is 14.7. The number of nitrogens with zero attached hydrogens (tertiary/aromatic N) is 3. The fraction of sp³-hybridized carbons (Fsp3) is 0.722. The molecule has 1 atom stereocenters. The summed E-state index contributed by atoms with van der Waals surface area (Å²) in [4.78, 5) is 23.1. The normalized spacial score (nSPS) is 20.5. The minimum absolute atomic E-state index is 0.00854. The number of hydrogen-bond donors (Lipinski definition) is 0. The Balaban J connectivity index is 1.46. The molecule has 2 aliphatic heterocycles. The number of rotatable bonds is 6. The van der Waals surface area contributed by atoms with Gasteiger partial charge in [-0.15, -0.1) is 0 Å². The Morgan fingerprint density at radius 1 is 1.42 bits per heavy atom. The number of aromatic nitrogens is 2. The third kappa shape index (κ3) is 4.51. The summed E-state index contributed by atoms with van der Waals surface area (Å²) in [5, 5.41) is 0. The summed E-state index contributed by atoms with van der Waals surface area (Å²) in [6.45, 7) is 6.87. The summed E-state index contributed by atoms with van der Waals surface area (Å²) in [6, 6.07) is 0. The lowest BCUT2D eigenvalue weighted by molar-refractivity contribution is -0.138. The van der Waals surface area contributed by atoms with Crippen molar-refractivity contribution in [2.24, 2.45) is 5.92 Å². The summed E-state index contributed by atoms with van der Waals surface area (Å²) < 4.78 is 11.2. The Morgan fingerprint density at radius 2 is 2.29 bits per heavy atom.